The van der Waals surface area contributed by atoms with E-state index in [9.17, 15) is 0 Å². The number of rotatable bonds is 2. The molecule has 0 aromatic heterocycles. The lowest BCUT2D eigenvalue weighted by atomic mass is 9.85. The first kappa shape index (κ1) is 11.2. The highest BCUT2D eigenvalue weighted by Crippen LogP contribution is 2.54. The molecule has 2 saturated carbocycles. The van der Waals surface area contributed by atoms with Crippen LogP contribution in [0.3, 0.4) is 0 Å². The summed E-state index contributed by atoms with van der Waals surface area (Å²) < 4.78 is 1.09. The van der Waals surface area contributed by atoms with E-state index in [0.717, 1.165) is 10.2 Å². The van der Waals surface area contributed by atoms with E-state index in [2.05, 4.69) is 43.6 Å². The van der Waals surface area contributed by atoms with Crippen molar-refractivity contribution in [3.05, 3.63) is 28.7 Å². The van der Waals surface area contributed by atoms with Gasteiger partial charge in [0.2, 0.25) is 0 Å². The van der Waals surface area contributed by atoms with Crippen LogP contribution in [0.2, 0.25) is 0 Å². The molecule has 1 aliphatic heterocycles. The Kier molecular flexibility index (Phi) is 2.46. The number of fused-ring (bicyclic) bond motifs is 5. The average molecular weight is 327 g/mol. The highest BCUT2D eigenvalue weighted by atomic mass is 79.9. The lowest BCUT2D eigenvalue weighted by molar-refractivity contribution is 0.272. The predicted octanol–water partition coefficient (Wildman–Crippen LogP) is 3.69. The van der Waals surface area contributed by atoms with Crippen molar-refractivity contribution in [3.8, 4) is 0 Å². The van der Waals surface area contributed by atoms with E-state index in [1.165, 1.54) is 6.42 Å². The van der Waals surface area contributed by atoms with Gasteiger partial charge in [0.25, 0.3) is 0 Å². The van der Waals surface area contributed by atoms with Crippen molar-refractivity contribution in [2.24, 2.45) is 22.1 Å². The van der Waals surface area contributed by atoms with Gasteiger partial charge in [-0.15, -0.1) is 11.6 Å². The maximum atomic E-state index is 6.58. The van der Waals surface area contributed by atoms with Gasteiger partial charge in [-0.2, -0.15) is 10.2 Å². The standard InChI is InChI=1S/C13H13BrClN3/c14-6-1-3-7(4-2-6)16-11-9-5-8(10(11)15)12-13(9)18-17-12/h1-4,8-13,16H,5H2/t8-,9+,10?,11?,12-,13+/m0/s1. The highest BCUT2D eigenvalue weighted by Gasteiger charge is 2.61. The maximum absolute atomic E-state index is 6.58. The molecule has 0 saturated heterocycles. The Labute approximate surface area is 119 Å². The molecule has 3 aliphatic rings. The summed E-state index contributed by atoms with van der Waals surface area (Å²) in [6, 6.07) is 9.44. The summed E-state index contributed by atoms with van der Waals surface area (Å²) in [4.78, 5) is 0. The van der Waals surface area contributed by atoms with Crippen molar-refractivity contribution in [1.29, 1.82) is 0 Å². The second-order valence-electron chi connectivity index (χ2n) is 5.40. The quantitative estimate of drug-likeness (QED) is 0.827. The van der Waals surface area contributed by atoms with Gasteiger partial charge < -0.3 is 5.32 Å². The van der Waals surface area contributed by atoms with Crippen molar-refractivity contribution in [3.63, 3.8) is 0 Å². The second kappa shape index (κ2) is 3.94. The average Bonchev–Trinajstić information content (AvgIpc) is 2.73. The van der Waals surface area contributed by atoms with E-state index in [-0.39, 0.29) is 5.38 Å². The first-order valence-electron chi connectivity index (χ1n) is 6.30. The Bertz CT molecular complexity index is 503. The highest BCUT2D eigenvalue weighted by molar-refractivity contribution is 9.10. The van der Waals surface area contributed by atoms with Gasteiger partial charge in [-0.25, -0.2) is 0 Å². The first-order valence-corrected chi connectivity index (χ1v) is 7.53. The molecule has 6 atom stereocenters. The van der Waals surface area contributed by atoms with E-state index in [1.807, 2.05) is 12.1 Å². The minimum Gasteiger partial charge on any atom is -0.380 e. The molecular formula is C13H13BrClN3. The summed E-state index contributed by atoms with van der Waals surface area (Å²) in [5.41, 5.74) is 1.13. The number of alkyl halides is 1. The predicted molar refractivity (Wildman–Crippen MR) is 75.2 cm³/mol. The Morgan fingerprint density at radius 2 is 1.78 bits per heavy atom. The van der Waals surface area contributed by atoms with E-state index < -0.39 is 0 Å². The summed E-state index contributed by atoms with van der Waals surface area (Å²) in [5, 5.41) is 12.3. The van der Waals surface area contributed by atoms with Crippen molar-refractivity contribution in [2.45, 2.75) is 29.9 Å². The molecule has 2 aliphatic carbocycles. The first-order chi connectivity index (χ1) is 8.74. The van der Waals surface area contributed by atoms with Crippen molar-refractivity contribution >= 4 is 33.2 Å². The molecular weight excluding hydrogens is 314 g/mol. The molecule has 2 bridgehead atoms. The Morgan fingerprint density at radius 3 is 2.44 bits per heavy atom. The van der Waals surface area contributed by atoms with Crippen LogP contribution < -0.4 is 5.32 Å². The topological polar surface area (TPSA) is 36.8 Å². The van der Waals surface area contributed by atoms with Crippen LogP contribution in [0.5, 0.6) is 0 Å². The number of benzene rings is 1. The van der Waals surface area contributed by atoms with Crippen LogP contribution in [0.15, 0.2) is 39.0 Å². The molecule has 2 fully saturated rings. The van der Waals surface area contributed by atoms with Gasteiger partial charge in [0, 0.05) is 28.0 Å². The minimum atomic E-state index is 0.180. The Hall–Kier alpha value is -0.610. The Morgan fingerprint density at radius 1 is 1.11 bits per heavy atom. The van der Waals surface area contributed by atoms with E-state index in [4.69, 9.17) is 11.6 Å². The van der Waals surface area contributed by atoms with Gasteiger partial charge in [-0.1, -0.05) is 15.9 Å². The van der Waals surface area contributed by atoms with Crippen LogP contribution >= 0.6 is 27.5 Å². The molecule has 1 aromatic carbocycles. The van der Waals surface area contributed by atoms with Gasteiger partial charge in [0.15, 0.2) is 0 Å². The van der Waals surface area contributed by atoms with Crippen molar-refractivity contribution in [1.82, 2.24) is 0 Å². The smallest absolute Gasteiger partial charge is 0.100 e. The second-order valence-corrected chi connectivity index (χ2v) is 6.82. The van der Waals surface area contributed by atoms with Crippen molar-refractivity contribution < 1.29 is 0 Å². The lowest BCUT2D eigenvalue weighted by Crippen LogP contribution is -2.50. The number of halogens is 2. The third-order valence-electron chi connectivity index (χ3n) is 4.50. The van der Waals surface area contributed by atoms with Gasteiger partial charge in [-0.3, -0.25) is 0 Å². The molecule has 18 heavy (non-hydrogen) atoms. The molecule has 94 valence electrons. The number of hydrogen-bond donors (Lipinski definition) is 1. The molecule has 1 heterocycles. The van der Waals surface area contributed by atoms with Crippen LogP contribution in [0.1, 0.15) is 6.42 Å². The number of hydrogen-bond acceptors (Lipinski definition) is 3. The maximum Gasteiger partial charge on any atom is 0.100 e. The van der Waals surface area contributed by atoms with Crippen LogP contribution in [0, 0.1) is 11.8 Å². The number of azo groups is 1. The molecule has 1 aromatic rings. The molecule has 2 unspecified atom stereocenters. The Balaban J connectivity index is 1.56. The zero-order valence-electron chi connectivity index (χ0n) is 9.63. The van der Waals surface area contributed by atoms with Gasteiger partial charge in [0.05, 0.1) is 11.4 Å². The molecule has 5 heteroatoms. The molecule has 0 radical (unpaired) electrons. The van der Waals surface area contributed by atoms with Crippen LogP contribution in [0.25, 0.3) is 0 Å². The zero-order chi connectivity index (χ0) is 12.3. The molecule has 3 nitrogen and oxygen atoms in total. The summed E-state index contributed by atoms with van der Waals surface area (Å²) in [7, 11) is 0. The fourth-order valence-electron chi connectivity index (χ4n) is 3.60. The molecule has 0 spiro atoms. The fraction of sp³-hybridized carbons (Fsp3) is 0.538. The van der Waals surface area contributed by atoms with Gasteiger partial charge in [-0.05, 0) is 30.7 Å². The SMILES string of the molecule is ClC1C(Nc2ccc(Br)cc2)[C@H]2C[C@@H]1[C@@H]1N=N[C@@H]12. The summed E-state index contributed by atoms with van der Waals surface area (Å²) in [6.07, 6.45) is 1.17. The number of nitrogens with zero attached hydrogens (tertiary/aromatic N) is 2. The van der Waals surface area contributed by atoms with Crippen LogP contribution in [-0.2, 0) is 0 Å². The van der Waals surface area contributed by atoms with Crippen molar-refractivity contribution in [2.75, 3.05) is 5.32 Å². The summed E-state index contributed by atoms with van der Waals surface area (Å²) in [6.45, 7) is 0. The van der Waals surface area contributed by atoms with E-state index in [0.29, 0.717) is 30.0 Å². The number of nitrogens with one attached hydrogen (secondary N) is 1. The van der Waals surface area contributed by atoms with Crippen LogP contribution in [-0.4, -0.2) is 23.5 Å². The fourth-order valence-corrected chi connectivity index (χ4v) is 4.36. The largest absolute Gasteiger partial charge is 0.380 e. The van der Waals surface area contributed by atoms with Gasteiger partial charge >= 0.3 is 0 Å². The minimum absolute atomic E-state index is 0.180. The lowest BCUT2D eigenvalue weighted by Gasteiger charge is -2.38. The monoisotopic (exact) mass is 325 g/mol. The summed E-state index contributed by atoms with van der Waals surface area (Å²) >= 11 is 10.0. The summed E-state index contributed by atoms with van der Waals surface area (Å²) in [5.74, 6) is 1.08. The van der Waals surface area contributed by atoms with Crippen LogP contribution in [0.4, 0.5) is 5.69 Å². The van der Waals surface area contributed by atoms with E-state index >= 15 is 0 Å². The number of anilines is 1. The third-order valence-corrected chi connectivity index (χ3v) is 5.62. The molecule has 4 rings (SSSR count). The third kappa shape index (κ3) is 1.48. The normalized spacial score (nSPS) is 43.7. The molecule has 1 N–H and O–H groups in total. The van der Waals surface area contributed by atoms with Gasteiger partial charge in [0.1, 0.15) is 6.04 Å². The van der Waals surface area contributed by atoms with E-state index in [1.54, 1.807) is 0 Å². The molecule has 0 amide bonds. The zero-order valence-corrected chi connectivity index (χ0v) is 12.0.